The van der Waals surface area contributed by atoms with Crippen molar-refractivity contribution in [3.63, 3.8) is 0 Å². The Morgan fingerprint density at radius 3 is 1.40 bits per heavy atom. The smallest absolute Gasteiger partial charge is 0.249 e. The van der Waals surface area contributed by atoms with E-state index in [4.69, 9.17) is 13.6 Å². The molecule has 0 saturated carbocycles. The van der Waals surface area contributed by atoms with Crippen molar-refractivity contribution in [3.8, 4) is 11.5 Å². The molecule has 0 bridgehead atoms. The molecule has 5 aliphatic heterocycles. The molecule has 5 aliphatic rings. The van der Waals surface area contributed by atoms with Gasteiger partial charge in [0.15, 0.2) is 22.7 Å². The summed E-state index contributed by atoms with van der Waals surface area (Å²) >= 11 is 3.87. The molecule has 0 N–H and O–H groups in total. The van der Waals surface area contributed by atoms with E-state index in [-0.39, 0.29) is 24.3 Å². The Morgan fingerprint density at radius 2 is 0.931 bits per heavy atom. The Bertz CT molecular complexity index is 3220. The van der Waals surface area contributed by atoms with Gasteiger partial charge < -0.3 is 18.5 Å². The summed E-state index contributed by atoms with van der Waals surface area (Å²) in [6.07, 6.45) is 0. The highest BCUT2D eigenvalue weighted by atomic mass is 32.2. The highest BCUT2D eigenvalue weighted by Gasteiger charge is 2.54. The molecule has 2 aromatic heterocycles. The predicted octanol–water partition coefficient (Wildman–Crippen LogP) is 10.2. The summed E-state index contributed by atoms with van der Waals surface area (Å²) in [6.45, 7) is 13.9. The fraction of sp³-hybridized carbons (Fsp3) is 0.160. The number of furan rings is 2. The highest BCUT2D eigenvalue weighted by Crippen LogP contribution is 2.59. The van der Waals surface area contributed by atoms with Crippen molar-refractivity contribution in [3.05, 3.63) is 114 Å². The SMILES string of the molecule is CC(C)(C)c1ccc2c(c1)B1c3cc4c(oc5ccccc54)c4c3N3c5c1c(cc1c5B(c5cc(C(C)(C)C)ccc5S1)c1cc5c(oc6ccccc65)c(c13)O4)S2. The van der Waals surface area contributed by atoms with Crippen molar-refractivity contribution in [2.45, 2.75) is 72.0 Å². The first-order valence-corrected chi connectivity index (χ1v) is 21.9. The molecular weight excluding hydrogens is 748 g/mol. The maximum absolute atomic E-state index is 7.51. The molecule has 0 fully saturated rings. The monoisotopic (exact) mass is 783 g/mol. The van der Waals surface area contributed by atoms with Crippen molar-refractivity contribution in [1.82, 2.24) is 0 Å². The number of hydrogen-bond acceptors (Lipinski definition) is 6. The lowest BCUT2D eigenvalue weighted by Crippen LogP contribution is -2.68. The fourth-order valence-corrected chi connectivity index (χ4v) is 13.1. The van der Waals surface area contributed by atoms with Gasteiger partial charge >= 0.3 is 0 Å². The molecule has 0 unspecified atom stereocenters. The molecule has 0 saturated heterocycles. The molecule has 0 spiro atoms. The molecule has 0 amide bonds. The number of benzene rings is 7. The van der Waals surface area contributed by atoms with Gasteiger partial charge in [0, 0.05) is 46.8 Å². The molecule has 4 nitrogen and oxygen atoms in total. The van der Waals surface area contributed by atoms with Gasteiger partial charge in [-0.05, 0) is 74.1 Å². The van der Waals surface area contributed by atoms with Crippen LogP contribution in [0.5, 0.6) is 11.5 Å². The number of ether oxygens (including phenoxy) is 1. The second-order valence-corrected chi connectivity index (χ2v) is 21.0. The molecule has 9 aromatic rings. The summed E-state index contributed by atoms with van der Waals surface area (Å²) in [5, 5.41) is 4.35. The molecular formula is C50H35B2NO3S2. The summed E-state index contributed by atoms with van der Waals surface area (Å²) in [6, 6.07) is 38.7. The number of nitrogens with zero attached hydrogens (tertiary/aromatic N) is 1. The van der Waals surface area contributed by atoms with Crippen LogP contribution in [0.25, 0.3) is 43.9 Å². The molecule has 7 aromatic carbocycles. The zero-order valence-electron chi connectivity index (χ0n) is 33.0. The average Bonchev–Trinajstić information content (AvgIpc) is 3.78. The molecule has 7 heterocycles. The quantitative estimate of drug-likeness (QED) is 0.143. The Kier molecular flexibility index (Phi) is 5.83. The van der Waals surface area contributed by atoms with E-state index in [9.17, 15) is 0 Å². The molecule has 8 heteroatoms. The third kappa shape index (κ3) is 3.90. The van der Waals surface area contributed by atoms with Gasteiger partial charge in [-0.3, -0.25) is 0 Å². The van der Waals surface area contributed by atoms with E-state index in [0.29, 0.717) is 0 Å². The predicted molar refractivity (Wildman–Crippen MR) is 244 cm³/mol. The van der Waals surface area contributed by atoms with Crippen LogP contribution in [0.3, 0.4) is 0 Å². The molecule has 0 atom stereocenters. The van der Waals surface area contributed by atoms with Crippen LogP contribution in [-0.2, 0) is 10.8 Å². The normalized spacial score (nSPS) is 15.3. The minimum absolute atomic E-state index is 0.0000531. The minimum atomic E-state index is 0.0000531. The summed E-state index contributed by atoms with van der Waals surface area (Å²) in [4.78, 5) is 7.90. The van der Waals surface area contributed by atoms with E-state index in [1.165, 1.54) is 69.2 Å². The van der Waals surface area contributed by atoms with Crippen molar-refractivity contribution in [2.24, 2.45) is 0 Å². The largest absolute Gasteiger partial charge is 0.452 e. The first kappa shape index (κ1) is 32.5. The van der Waals surface area contributed by atoms with E-state index >= 15 is 0 Å². The third-order valence-corrected chi connectivity index (χ3v) is 15.7. The fourth-order valence-electron chi connectivity index (χ4n) is 10.7. The van der Waals surface area contributed by atoms with Crippen molar-refractivity contribution < 1.29 is 13.6 Å². The average molecular weight is 784 g/mol. The molecule has 0 aliphatic carbocycles. The minimum Gasteiger partial charge on any atom is -0.452 e. The molecule has 276 valence electrons. The highest BCUT2D eigenvalue weighted by molar-refractivity contribution is 8.01. The van der Waals surface area contributed by atoms with Crippen molar-refractivity contribution in [1.29, 1.82) is 0 Å². The lowest BCUT2D eigenvalue weighted by Gasteiger charge is -2.49. The number of hydrogen-bond donors (Lipinski definition) is 0. The van der Waals surface area contributed by atoms with E-state index in [1.807, 2.05) is 23.5 Å². The Labute approximate surface area is 345 Å². The van der Waals surface area contributed by atoms with E-state index in [0.717, 1.165) is 66.8 Å². The van der Waals surface area contributed by atoms with Gasteiger partial charge in [0.1, 0.15) is 11.2 Å². The maximum Gasteiger partial charge on any atom is 0.249 e. The van der Waals surface area contributed by atoms with E-state index < -0.39 is 0 Å². The van der Waals surface area contributed by atoms with E-state index in [2.05, 4.69) is 150 Å². The number of para-hydroxylation sites is 2. The molecule has 14 rings (SSSR count). The van der Waals surface area contributed by atoms with Gasteiger partial charge in [0.05, 0.1) is 11.4 Å². The summed E-state index contributed by atoms with van der Waals surface area (Å²) in [5.41, 5.74) is 17.5. The summed E-state index contributed by atoms with van der Waals surface area (Å²) < 4.78 is 21.2. The molecule has 0 radical (unpaired) electrons. The van der Waals surface area contributed by atoms with Crippen LogP contribution < -0.4 is 42.4 Å². The summed E-state index contributed by atoms with van der Waals surface area (Å²) in [7, 11) is 0. The Hall–Kier alpha value is -5.43. The van der Waals surface area contributed by atoms with Gasteiger partial charge in [-0.2, -0.15) is 0 Å². The van der Waals surface area contributed by atoms with Crippen LogP contribution in [0.1, 0.15) is 52.7 Å². The van der Waals surface area contributed by atoms with Gasteiger partial charge in [-0.1, -0.05) is 149 Å². The second kappa shape index (κ2) is 10.4. The number of anilines is 3. The van der Waals surface area contributed by atoms with Gasteiger partial charge in [0.25, 0.3) is 0 Å². The number of fused-ring (bicyclic) bond motifs is 14. The Balaban J connectivity index is 1.19. The topological polar surface area (TPSA) is 38.8 Å². The molecule has 58 heavy (non-hydrogen) atoms. The van der Waals surface area contributed by atoms with Crippen LogP contribution in [0.15, 0.2) is 132 Å². The Morgan fingerprint density at radius 1 is 0.466 bits per heavy atom. The van der Waals surface area contributed by atoms with E-state index in [1.54, 1.807) is 0 Å². The first-order valence-electron chi connectivity index (χ1n) is 20.3. The zero-order valence-corrected chi connectivity index (χ0v) is 34.6. The van der Waals surface area contributed by atoms with Crippen molar-refractivity contribution in [2.75, 3.05) is 4.90 Å². The lowest BCUT2D eigenvalue weighted by atomic mass is 9.30. The lowest BCUT2D eigenvalue weighted by molar-refractivity contribution is 0.466. The standard InChI is InChI=1S/C50H35B2NO3S2/c1-49(2,3)24-15-17-36-30(19-24)51-32-21-28-26-11-7-9-13-34(26)54-45(28)47-42(32)53-43-33(22-29-27-12-8-10-14-35(27)55-46(29)48(43)56-47)52-31-20-25(50(4,5)6)16-18-37(31)58-39-23-38(57-36)40(51)44(53)41(39)52/h7-23H,1-6H3. The number of rotatable bonds is 0. The first-order chi connectivity index (χ1) is 28.0. The van der Waals surface area contributed by atoms with Crippen LogP contribution in [0.2, 0.25) is 0 Å². The van der Waals surface area contributed by atoms with Gasteiger partial charge in [0.2, 0.25) is 13.4 Å². The van der Waals surface area contributed by atoms with Crippen LogP contribution >= 0.6 is 23.5 Å². The zero-order chi connectivity index (χ0) is 38.7. The van der Waals surface area contributed by atoms with Gasteiger partial charge in [-0.15, -0.1) is 0 Å². The van der Waals surface area contributed by atoms with Crippen LogP contribution in [0.4, 0.5) is 17.1 Å². The maximum atomic E-state index is 7.51. The summed E-state index contributed by atoms with van der Waals surface area (Å²) in [5.74, 6) is 1.54. The second-order valence-electron chi connectivity index (χ2n) is 18.8. The third-order valence-electron chi connectivity index (χ3n) is 13.4. The van der Waals surface area contributed by atoms with Crippen molar-refractivity contribution >= 4 is 131 Å². The van der Waals surface area contributed by atoms with Crippen LogP contribution in [-0.4, -0.2) is 13.4 Å². The van der Waals surface area contributed by atoms with Crippen LogP contribution in [0, 0.1) is 0 Å². The van der Waals surface area contributed by atoms with Gasteiger partial charge in [-0.25, -0.2) is 0 Å².